The molecule has 0 bridgehead atoms. The Morgan fingerprint density at radius 2 is 1.81 bits per heavy atom. The molecule has 1 aliphatic rings. The number of hydrogen-bond donors (Lipinski definition) is 1. The van der Waals surface area contributed by atoms with Crippen LogP contribution in [-0.4, -0.2) is 37.2 Å². The molecule has 8 nitrogen and oxygen atoms in total. The van der Waals surface area contributed by atoms with Gasteiger partial charge in [0.2, 0.25) is 0 Å². The van der Waals surface area contributed by atoms with Crippen molar-refractivity contribution >= 4 is 10.9 Å². The van der Waals surface area contributed by atoms with Crippen molar-refractivity contribution in [1.29, 1.82) is 0 Å². The summed E-state index contributed by atoms with van der Waals surface area (Å²) in [6.45, 7) is 7.39. The average Bonchev–Trinajstić information content (AvgIpc) is 3.59. The summed E-state index contributed by atoms with van der Waals surface area (Å²) in [4.78, 5) is 18.7. The monoisotopic (exact) mass is 500 g/mol. The molecule has 0 amide bonds. The number of aromatic amines is 1. The fourth-order valence-corrected chi connectivity index (χ4v) is 5.62. The number of nitrogens with zero attached hydrogens (tertiary/aromatic N) is 5. The van der Waals surface area contributed by atoms with Crippen LogP contribution in [0.25, 0.3) is 10.9 Å². The zero-order valence-corrected chi connectivity index (χ0v) is 22.2. The van der Waals surface area contributed by atoms with E-state index in [2.05, 4.69) is 58.3 Å². The third kappa shape index (κ3) is 5.16. The summed E-state index contributed by atoms with van der Waals surface area (Å²) in [5.74, 6) is 1.70. The molecule has 0 radical (unpaired) electrons. The van der Waals surface area contributed by atoms with Gasteiger partial charge in [-0.15, -0.1) is 5.10 Å². The van der Waals surface area contributed by atoms with Crippen molar-refractivity contribution in [3.63, 3.8) is 0 Å². The summed E-state index contributed by atoms with van der Waals surface area (Å²) in [6, 6.07) is 14.6. The first kappa shape index (κ1) is 25.1. The maximum atomic E-state index is 13.3. The van der Waals surface area contributed by atoms with Gasteiger partial charge in [0, 0.05) is 29.7 Å². The first-order valence-corrected chi connectivity index (χ1v) is 13.2. The van der Waals surface area contributed by atoms with Crippen LogP contribution >= 0.6 is 0 Å². The summed E-state index contributed by atoms with van der Waals surface area (Å²) in [6.07, 6.45) is 5.42. The Balaban J connectivity index is 1.56. The predicted octanol–water partition coefficient (Wildman–Crippen LogP) is 5.41. The van der Waals surface area contributed by atoms with Crippen molar-refractivity contribution in [2.75, 3.05) is 7.11 Å². The van der Waals surface area contributed by atoms with Gasteiger partial charge in [-0.05, 0) is 84.3 Å². The van der Waals surface area contributed by atoms with Crippen molar-refractivity contribution in [1.82, 2.24) is 30.1 Å². The Morgan fingerprint density at radius 3 is 2.57 bits per heavy atom. The topological polar surface area (TPSA) is 88.9 Å². The number of rotatable bonds is 9. The second-order valence-electron chi connectivity index (χ2n) is 10.2. The minimum atomic E-state index is -0.0639. The van der Waals surface area contributed by atoms with Gasteiger partial charge in [0.15, 0.2) is 5.82 Å². The number of tetrazole rings is 1. The number of fused-ring (bicyclic) bond motifs is 1. The summed E-state index contributed by atoms with van der Waals surface area (Å²) < 4.78 is 7.71. The number of ether oxygens (including phenoxy) is 1. The summed E-state index contributed by atoms with van der Waals surface area (Å²) >= 11 is 0. The lowest BCUT2D eigenvalue weighted by Crippen LogP contribution is -2.33. The van der Waals surface area contributed by atoms with Crippen molar-refractivity contribution in [3.8, 4) is 5.75 Å². The van der Waals surface area contributed by atoms with Crippen LogP contribution in [0.15, 0.2) is 47.3 Å². The van der Waals surface area contributed by atoms with Gasteiger partial charge in [-0.3, -0.25) is 9.69 Å². The third-order valence-electron chi connectivity index (χ3n) is 7.79. The van der Waals surface area contributed by atoms with E-state index < -0.39 is 0 Å². The Kier molecular flexibility index (Phi) is 7.37. The minimum Gasteiger partial charge on any atom is -0.496 e. The van der Waals surface area contributed by atoms with Gasteiger partial charge in [-0.25, -0.2) is 4.68 Å². The van der Waals surface area contributed by atoms with E-state index in [1.807, 2.05) is 35.0 Å². The van der Waals surface area contributed by atoms with E-state index in [4.69, 9.17) is 4.74 Å². The van der Waals surface area contributed by atoms with Crippen LogP contribution in [0.2, 0.25) is 0 Å². The Morgan fingerprint density at radius 1 is 1.08 bits per heavy atom. The lowest BCUT2D eigenvalue weighted by atomic mass is 10.0. The van der Waals surface area contributed by atoms with Crippen LogP contribution in [0.4, 0.5) is 0 Å². The van der Waals surface area contributed by atoms with Crippen LogP contribution in [0.3, 0.4) is 0 Å². The van der Waals surface area contributed by atoms with E-state index in [1.54, 1.807) is 7.11 Å². The van der Waals surface area contributed by atoms with E-state index >= 15 is 0 Å². The molecule has 194 valence electrons. The number of benzene rings is 2. The largest absolute Gasteiger partial charge is 0.496 e. The normalized spacial score (nSPS) is 15.1. The Labute approximate surface area is 217 Å². The summed E-state index contributed by atoms with van der Waals surface area (Å²) in [5, 5.41) is 14.1. The number of methoxy groups -OCH3 is 1. The molecule has 1 N–H and O–H groups in total. The first-order chi connectivity index (χ1) is 18.0. The van der Waals surface area contributed by atoms with Gasteiger partial charge >= 0.3 is 0 Å². The fraction of sp³-hybridized carbons (Fsp3) is 0.448. The summed E-state index contributed by atoms with van der Waals surface area (Å²) in [7, 11) is 1.69. The lowest BCUT2D eigenvalue weighted by molar-refractivity contribution is 0.156. The lowest BCUT2D eigenvalue weighted by Gasteiger charge is -2.31. The van der Waals surface area contributed by atoms with Gasteiger partial charge in [0.25, 0.3) is 5.56 Å². The van der Waals surface area contributed by atoms with Gasteiger partial charge in [0.05, 0.1) is 19.2 Å². The zero-order chi connectivity index (χ0) is 25.9. The van der Waals surface area contributed by atoms with Crippen molar-refractivity contribution in [3.05, 3.63) is 80.9 Å². The van der Waals surface area contributed by atoms with Crippen LogP contribution in [0.1, 0.15) is 79.2 Å². The van der Waals surface area contributed by atoms with Crippen LogP contribution in [-0.2, 0) is 13.1 Å². The molecule has 1 atom stereocenters. The Bertz CT molecular complexity index is 1440. The molecule has 8 heteroatoms. The highest BCUT2D eigenvalue weighted by Crippen LogP contribution is 2.34. The Hall–Kier alpha value is -3.52. The maximum absolute atomic E-state index is 13.3. The molecule has 4 aromatic rings. The third-order valence-corrected chi connectivity index (χ3v) is 7.79. The quantitative estimate of drug-likeness (QED) is 0.331. The second kappa shape index (κ2) is 10.8. The molecular weight excluding hydrogens is 464 g/mol. The van der Waals surface area contributed by atoms with Crippen LogP contribution < -0.4 is 10.3 Å². The van der Waals surface area contributed by atoms with Crippen molar-refractivity contribution < 1.29 is 4.74 Å². The molecule has 0 saturated heterocycles. The molecule has 0 unspecified atom stereocenters. The number of aromatic nitrogens is 5. The molecule has 1 aliphatic carbocycles. The SMILES string of the molecule is CC[C@H](c1nnnn1C1CCCC1)N(Cc1ccccc1OC)Cc1cc2cc(C)c(C)cc2[nH]c1=O. The first-order valence-electron chi connectivity index (χ1n) is 13.2. The van der Waals surface area contributed by atoms with Crippen LogP contribution in [0.5, 0.6) is 5.75 Å². The number of H-pyrrole nitrogens is 1. The fourth-order valence-electron chi connectivity index (χ4n) is 5.62. The van der Waals surface area contributed by atoms with E-state index in [0.717, 1.165) is 52.9 Å². The van der Waals surface area contributed by atoms with E-state index in [0.29, 0.717) is 19.1 Å². The maximum Gasteiger partial charge on any atom is 0.252 e. The molecule has 0 spiro atoms. The average molecular weight is 501 g/mol. The number of para-hydroxylation sites is 1. The molecule has 2 aromatic heterocycles. The minimum absolute atomic E-state index is 0.0598. The van der Waals surface area contributed by atoms with E-state index in [1.165, 1.54) is 24.0 Å². The molecule has 37 heavy (non-hydrogen) atoms. The smallest absolute Gasteiger partial charge is 0.252 e. The molecule has 5 rings (SSSR count). The number of aryl methyl sites for hydroxylation is 2. The highest BCUT2D eigenvalue weighted by molar-refractivity contribution is 5.80. The van der Waals surface area contributed by atoms with Gasteiger partial charge < -0.3 is 9.72 Å². The molecule has 2 heterocycles. The predicted molar refractivity (Wildman–Crippen MR) is 145 cm³/mol. The zero-order valence-electron chi connectivity index (χ0n) is 22.2. The molecule has 0 aliphatic heterocycles. The van der Waals surface area contributed by atoms with Gasteiger partial charge in [-0.2, -0.15) is 0 Å². The molecule has 1 saturated carbocycles. The molecule has 2 aromatic carbocycles. The number of pyridine rings is 1. The second-order valence-corrected chi connectivity index (χ2v) is 10.2. The highest BCUT2D eigenvalue weighted by Gasteiger charge is 2.30. The van der Waals surface area contributed by atoms with Crippen LogP contribution in [0, 0.1) is 13.8 Å². The van der Waals surface area contributed by atoms with E-state index in [9.17, 15) is 4.79 Å². The number of hydrogen-bond acceptors (Lipinski definition) is 6. The van der Waals surface area contributed by atoms with E-state index in [-0.39, 0.29) is 11.6 Å². The van der Waals surface area contributed by atoms with Crippen molar-refractivity contribution in [2.45, 2.75) is 78.0 Å². The molecule has 1 fully saturated rings. The van der Waals surface area contributed by atoms with Gasteiger partial charge in [-0.1, -0.05) is 38.0 Å². The number of nitrogens with one attached hydrogen (secondary N) is 1. The summed E-state index contributed by atoms with van der Waals surface area (Å²) in [5.41, 5.74) is 4.96. The highest BCUT2D eigenvalue weighted by atomic mass is 16.5. The van der Waals surface area contributed by atoms with Crippen molar-refractivity contribution in [2.24, 2.45) is 0 Å². The molecular formula is C29H36N6O2. The van der Waals surface area contributed by atoms with Gasteiger partial charge in [0.1, 0.15) is 5.75 Å². The standard InChI is InChI=1S/C29H36N6O2/c1-5-26(28-31-32-33-35(28)24-11-7-8-12-24)34(17-21-10-6-9-13-27(21)37-4)18-23-16-22-14-19(2)20(3)15-25(22)30-29(23)36/h6,9-10,13-16,24,26H,5,7-8,11-12,17-18H2,1-4H3,(H,30,36)/t26-/m1/s1.